The molecule has 0 unspecified atom stereocenters. The number of hydrogen-bond donors (Lipinski definition) is 1. The normalized spacial score (nSPS) is 17.4. The maximum atomic E-state index is 11.9. The second kappa shape index (κ2) is 5.73. The fourth-order valence-electron chi connectivity index (χ4n) is 1.92. The molecule has 1 saturated heterocycles. The standard InChI is InChI=1S/C14H18ClNO2S/c1-10(2)14(18)8-16(9-14)13(17)7-19-12-5-3-11(15)4-6-12/h3-6,10,18H,7-9H2,1-2H3. The summed E-state index contributed by atoms with van der Waals surface area (Å²) in [6.45, 7) is 4.85. The summed E-state index contributed by atoms with van der Waals surface area (Å²) in [4.78, 5) is 14.7. The third-order valence-electron chi connectivity index (χ3n) is 3.53. The zero-order valence-corrected chi connectivity index (χ0v) is 12.7. The largest absolute Gasteiger partial charge is 0.386 e. The Hall–Kier alpha value is -0.710. The topological polar surface area (TPSA) is 40.5 Å². The maximum absolute atomic E-state index is 11.9. The van der Waals surface area contributed by atoms with E-state index in [9.17, 15) is 9.90 Å². The molecule has 5 heteroatoms. The quantitative estimate of drug-likeness (QED) is 0.869. The van der Waals surface area contributed by atoms with E-state index in [2.05, 4.69) is 0 Å². The Bertz CT molecular complexity index is 455. The zero-order valence-electron chi connectivity index (χ0n) is 11.1. The van der Waals surface area contributed by atoms with Gasteiger partial charge in [-0.2, -0.15) is 0 Å². The summed E-state index contributed by atoms with van der Waals surface area (Å²) in [5.74, 6) is 0.654. The highest BCUT2D eigenvalue weighted by Gasteiger charge is 2.45. The Morgan fingerprint density at radius 2 is 2.00 bits per heavy atom. The number of benzene rings is 1. The molecule has 19 heavy (non-hydrogen) atoms. The minimum Gasteiger partial charge on any atom is -0.386 e. The summed E-state index contributed by atoms with van der Waals surface area (Å²) in [7, 11) is 0. The number of aliphatic hydroxyl groups is 1. The van der Waals surface area contributed by atoms with Crippen LogP contribution in [0.25, 0.3) is 0 Å². The molecule has 1 amide bonds. The van der Waals surface area contributed by atoms with Crippen molar-refractivity contribution in [1.29, 1.82) is 0 Å². The number of carbonyl (C=O) groups excluding carboxylic acids is 1. The van der Waals surface area contributed by atoms with Crippen LogP contribution in [0.3, 0.4) is 0 Å². The van der Waals surface area contributed by atoms with E-state index >= 15 is 0 Å². The minimum atomic E-state index is -0.694. The zero-order chi connectivity index (χ0) is 14.0. The number of rotatable bonds is 4. The summed E-state index contributed by atoms with van der Waals surface area (Å²) < 4.78 is 0. The average Bonchev–Trinajstić information content (AvgIpc) is 2.33. The predicted molar refractivity (Wildman–Crippen MR) is 78.5 cm³/mol. The minimum absolute atomic E-state index is 0.0743. The summed E-state index contributed by atoms with van der Waals surface area (Å²) in [5, 5.41) is 10.8. The number of thioether (sulfide) groups is 1. The van der Waals surface area contributed by atoms with Crippen LogP contribution in [-0.4, -0.2) is 40.4 Å². The van der Waals surface area contributed by atoms with Crippen LogP contribution < -0.4 is 0 Å². The molecule has 0 atom stereocenters. The first-order chi connectivity index (χ1) is 8.90. The fourth-order valence-corrected chi connectivity index (χ4v) is 2.85. The third kappa shape index (κ3) is 3.44. The highest BCUT2D eigenvalue weighted by atomic mass is 35.5. The number of halogens is 1. The van der Waals surface area contributed by atoms with Gasteiger partial charge in [-0.15, -0.1) is 11.8 Å². The molecule has 1 aliphatic rings. The van der Waals surface area contributed by atoms with Gasteiger partial charge in [0, 0.05) is 9.92 Å². The molecule has 0 radical (unpaired) electrons. The SMILES string of the molecule is CC(C)C1(O)CN(C(=O)CSc2ccc(Cl)cc2)C1. The van der Waals surface area contributed by atoms with E-state index in [0.717, 1.165) is 4.90 Å². The lowest BCUT2D eigenvalue weighted by molar-refractivity contribution is -0.161. The van der Waals surface area contributed by atoms with E-state index in [-0.39, 0.29) is 11.8 Å². The summed E-state index contributed by atoms with van der Waals surface area (Å²) in [6, 6.07) is 7.44. The molecule has 0 aliphatic carbocycles. The van der Waals surface area contributed by atoms with Crippen LogP contribution in [0.4, 0.5) is 0 Å². The van der Waals surface area contributed by atoms with E-state index in [4.69, 9.17) is 11.6 Å². The fraction of sp³-hybridized carbons (Fsp3) is 0.500. The van der Waals surface area contributed by atoms with E-state index in [1.807, 2.05) is 38.1 Å². The summed E-state index contributed by atoms with van der Waals surface area (Å²) in [6.07, 6.45) is 0. The molecule has 0 bridgehead atoms. The van der Waals surface area contributed by atoms with Crippen LogP contribution in [0.15, 0.2) is 29.2 Å². The number of carbonyl (C=O) groups is 1. The van der Waals surface area contributed by atoms with E-state index in [1.54, 1.807) is 4.90 Å². The van der Waals surface area contributed by atoms with Crippen molar-refractivity contribution in [2.24, 2.45) is 5.92 Å². The predicted octanol–water partition coefficient (Wildman–Crippen LogP) is 2.66. The number of likely N-dealkylation sites (tertiary alicyclic amines) is 1. The van der Waals surface area contributed by atoms with Crippen molar-refractivity contribution in [1.82, 2.24) is 4.90 Å². The van der Waals surface area contributed by atoms with Crippen molar-refractivity contribution >= 4 is 29.3 Å². The second-order valence-electron chi connectivity index (χ2n) is 5.25. The molecule has 0 aromatic heterocycles. The van der Waals surface area contributed by atoms with Crippen LogP contribution in [-0.2, 0) is 4.79 Å². The Kier molecular flexibility index (Phi) is 4.43. The van der Waals surface area contributed by atoms with Gasteiger partial charge in [0.15, 0.2) is 0 Å². The van der Waals surface area contributed by atoms with E-state index in [0.29, 0.717) is 23.9 Å². The molecule has 1 fully saturated rings. The van der Waals surface area contributed by atoms with Gasteiger partial charge in [0.25, 0.3) is 0 Å². The van der Waals surface area contributed by atoms with Gasteiger partial charge < -0.3 is 10.0 Å². The van der Waals surface area contributed by atoms with Crippen molar-refractivity contribution in [3.8, 4) is 0 Å². The van der Waals surface area contributed by atoms with Crippen molar-refractivity contribution in [2.75, 3.05) is 18.8 Å². The van der Waals surface area contributed by atoms with Gasteiger partial charge in [0.2, 0.25) is 5.91 Å². The molecular formula is C14H18ClNO2S. The lowest BCUT2D eigenvalue weighted by atomic mass is 9.83. The first-order valence-electron chi connectivity index (χ1n) is 6.29. The van der Waals surface area contributed by atoms with Crippen molar-refractivity contribution in [3.05, 3.63) is 29.3 Å². The summed E-state index contributed by atoms with van der Waals surface area (Å²) in [5.41, 5.74) is -0.694. The van der Waals surface area contributed by atoms with Gasteiger partial charge >= 0.3 is 0 Å². The molecule has 1 aromatic carbocycles. The Labute approximate surface area is 122 Å². The highest BCUT2D eigenvalue weighted by Crippen LogP contribution is 2.29. The Balaban J connectivity index is 1.79. The monoisotopic (exact) mass is 299 g/mol. The average molecular weight is 300 g/mol. The summed E-state index contributed by atoms with van der Waals surface area (Å²) >= 11 is 7.30. The lowest BCUT2D eigenvalue weighted by Gasteiger charge is -2.49. The van der Waals surface area contributed by atoms with Gasteiger partial charge in [-0.3, -0.25) is 4.79 Å². The molecule has 0 spiro atoms. The van der Waals surface area contributed by atoms with Crippen LogP contribution >= 0.6 is 23.4 Å². The van der Waals surface area contributed by atoms with Gasteiger partial charge in [0.05, 0.1) is 18.8 Å². The van der Waals surface area contributed by atoms with Crippen LogP contribution in [0.1, 0.15) is 13.8 Å². The maximum Gasteiger partial charge on any atom is 0.233 e. The van der Waals surface area contributed by atoms with Crippen molar-refractivity contribution < 1.29 is 9.90 Å². The molecule has 2 rings (SSSR count). The number of nitrogens with zero attached hydrogens (tertiary/aromatic N) is 1. The van der Waals surface area contributed by atoms with Crippen LogP contribution in [0, 0.1) is 5.92 Å². The first-order valence-corrected chi connectivity index (χ1v) is 7.65. The second-order valence-corrected chi connectivity index (χ2v) is 6.74. The van der Waals surface area contributed by atoms with Gasteiger partial charge in [-0.05, 0) is 30.2 Å². The number of β-amino-alcohol motifs (C(OH)–C–C–N with tert-alkyl or cyclic N) is 1. The smallest absolute Gasteiger partial charge is 0.233 e. The number of hydrogen-bond acceptors (Lipinski definition) is 3. The molecular weight excluding hydrogens is 282 g/mol. The molecule has 1 N–H and O–H groups in total. The van der Waals surface area contributed by atoms with Crippen LogP contribution in [0.5, 0.6) is 0 Å². The van der Waals surface area contributed by atoms with Gasteiger partial charge in [0.1, 0.15) is 5.60 Å². The Morgan fingerprint density at radius 3 is 2.53 bits per heavy atom. The molecule has 104 valence electrons. The van der Waals surface area contributed by atoms with Gasteiger partial charge in [-0.1, -0.05) is 25.4 Å². The first kappa shape index (κ1) is 14.7. The van der Waals surface area contributed by atoms with E-state index < -0.39 is 5.60 Å². The molecule has 1 heterocycles. The molecule has 1 aromatic rings. The molecule has 3 nitrogen and oxygen atoms in total. The van der Waals surface area contributed by atoms with E-state index in [1.165, 1.54) is 11.8 Å². The van der Waals surface area contributed by atoms with Crippen molar-refractivity contribution in [2.45, 2.75) is 24.3 Å². The Morgan fingerprint density at radius 1 is 1.42 bits per heavy atom. The molecule has 1 aliphatic heterocycles. The van der Waals surface area contributed by atoms with Gasteiger partial charge in [-0.25, -0.2) is 0 Å². The third-order valence-corrected chi connectivity index (χ3v) is 4.78. The number of amides is 1. The van der Waals surface area contributed by atoms with Crippen LogP contribution in [0.2, 0.25) is 5.02 Å². The highest BCUT2D eigenvalue weighted by molar-refractivity contribution is 8.00. The van der Waals surface area contributed by atoms with Crippen molar-refractivity contribution in [3.63, 3.8) is 0 Å². The molecule has 0 saturated carbocycles. The lowest BCUT2D eigenvalue weighted by Crippen LogP contribution is -2.66.